The largest absolute Gasteiger partial charge is 0.341 e. The predicted octanol–water partition coefficient (Wildman–Crippen LogP) is 2.77. The fourth-order valence-corrected chi connectivity index (χ4v) is 2.94. The van der Waals surface area contributed by atoms with Gasteiger partial charge < -0.3 is 10.3 Å². The average molecular weight is 243 g/mol. The quantitative estimate of drug-likeness (QED) is 0.870. The van der Waals surface area contributed by atoms with E-state index in [1.807, 2.05) is 0 Å². The first-order valence-electron chi connectivity index (χ1n) is 6.97. The highest BCUT2D eigenvalue weighted by atomic mass is 15.0. The predicted molar refractivity (Wildman–Crippen MR) is 74.9 cm³/mol. The summed E-state index contributed by atoms with van der Waals surface area (Å²) in [4.78, 5) is 8.37. The van der Waals surface area contributed by atoms with Gasteiger partial charge in [0.05, 0.1) is 11.0 Å². The smallest absolute Gasteiger partial charge is 0.114 e. The van der Waals surface area contributed by atoms with E-state index in [4.69, 9.17) is 4.98 Å². The molecule has 1 unspecified atom stereocenters. The number of imidazole rings is 1. The fourth-order valence-electron chi connectivity index (χ4n) is 2.94. The molecule has 1 aromatic carbocycles. The number of benzene rings is 1. The first-order chi connectivity index (χ1) is 8.77. The third-order valence-corrected chi connectivity index (χ3v) is 4.38. The summed E-state index contributed by atoms with van der Waals surface area (Å²) in [6.07, 6.45) is 3.40. The van der Waals surface area contributed by atoms with Crippen molar-refractivity contribution >= 4 is 11.0 Å². The fraction of sp³-hybridized carbons (Fsp3) is 0.533. The minimum absolute atomic E-state index is 0.214. The second kappa shape index (κ2) is 4.39. The van der Waals surface area contributed by atoms with Gasteiger partial charge in [0.1, 0.15) is 5.82 Å². The van der Waals surface area contributed by atoms with Gasteiger partial charge in [-0.15, -0.1) is 0 Å². The lowest BCUT2D eigenvalue weighted by Crippen LogP contribution is -2.29. The molecule has 0 amide bonds. The van der Waals surface area contributed by atoms with Crippen LogP contribution in [0.2, 0.25) is 0 Å². The Morgan fingerprint density at radius 1 is 1.33 bits per heavy atom. The number of hydrogen-bond donors (Lipinski definition) is 2. The van der Waals surface area contributed by atoms with Crippen LogP contribution in [0.4, 0.5) is 0 Å². The van der Waals surface area contributed by atoms with Crippen molar-refractivity contribution in [3.8, 4) is 0 Å². The Morgan fingerprint density at radius 2 is 2.22 bits per heavy atom. The van der Waals surface area contributed by atoms with Crippen LogP contribution in [0.25, 0.3) is 11.0 Å². The molecule has 2 heterocycles. The number of fused-ring (bicyclic) bond motifs is 1. The van der Waals surface area contributed by atoms with Crippen LogP contribution in [0.1, 0.15) is 38.1 Å². The molecule has 3 rings (SSSR count). The van der Waals surface area contributed by atoms with Crippen molar-refractivity contribution in [3.63, 3.8) is 0 Å². The molecular weight excluding hydrogens is 222 g/mol. The van der Waals surface area contributed by atoms with E-state index >= 15 is 0 Å². The van der Waals surface area contributed by atoms with Crippen LogP contribution in [0, 0.1) is 0 Å². The lowest BCUT2D eigenvalue weighted by atomic mass is 9.83. The Bertz CT molecular complexity index is 550. The number of nitrogens with one attached hydrogen (secondary N) is 2. The molecule has 1 aliphatic heterocycles. The summed E-state index contributed by atoms with van der Waals surface area (Å²) < 4.78 is 0. The monoisotopic (exact) mass is 243 g/mol. The SMILES string of the molecule is CCc1ccc2nc(C3(CC)CCNC3)[nH]c2c1. The van der Waals surface area contributed by atoms with Crippen molar-refractivity contribution in [2.24, 2.45) is 0 Å². The third kappa shape index (κ3) is 1.74. The van der Waals surface area contributed by atoms with Gasteiger partial charge in [0, 0.05) is 12.0 Å². The summed E-state index contributed by atoms with van der Waals surface area (Å²) in [5.41, 5.74) is 3.87. The molecule has 1 aliphatic rings. The molecule has 3 nitrogen and oxygen atoms in total. The lowest BCUT2D eigenvalue weighted by Gasteiger charge is -2.23. The van der Waals surface area contributed by atoms with E-state index in [-0.39, 0.29) is 5.41 Å². The summed E-state index contributed by atoms with van der Waals surface area (Å²) >= 11 is 0. The topological polar surface area (TPSA) is 40.7 Å². The van der Waals surface area contributed by atoms with Gasteiger partial charge in [-0.1, -0.05) is 19.9 Å². The number of aryl methyl sites for hydroxylation is 1. The normalized spacial score (nSPS) is 23.9. The molecule has 1 fully saturated rings. The number of nitrogens with zero attached hydrogens (tertiary/aromatic N) is 1. The van der Waals surface area contributed by atoms with Gasteiger partial charge in [0.25, 0.3) is 0 Å². The van der Waals surface area contributed by atoms with Gasteiger partial charge in [-0.05, 0) is 43.5 Å². The molecule has 1 saturated heterocycles. The van der Waals surface area contributed by atoms with Gasteiger partial charge in [-0.25, -0.2) is 4.98 Å². The molecule has 0 bridgehead atoms. The summed E-state index contributed by atoms with van der Waals surface area (Å²) in [6.45, 7) is 6.60. The minimum Gasteiger partial charge on any atom is -0.341 e. The van der Waals surface area contributed by atoms with E-state index in [0.29, 0.717) is 0 Å². The van der Waals surface area contributed by atoms with Gasteiger partial charge in [0.2, 0.25) is 0 Å². The highest BCUT2D eigenvalue weighted by molar-refractivity contribution is 5.76. The van der Waals surface area contributed by atoms with E-state index in [0.717, 1.165) is 31.4 Å². The highest BCUT2D eigenvalue weighted by Gasteiger charge is 2.36. The number of rotatable bonds is 3. The number of aromatic amines is 1. The standard InChI is InChI=1S/C15H21N3/c1-3-11-5-6-12-13(9-11)18-14(17-12)15(4-2)7-8-16-10-15/h5-6,9,16H,3-4,7-8,10H2,1-2H3,(H,17,18). The van der Waals surface area contributed by atoms with Gasteiger partial charge in [-0.2, -0.15) is 0 Å². The van der Waals surface area contributed by atoms with Crippen molar-refractivity contribution in [1.82, 2.24) is 15.3 Å². The number of aromatic nitrogens is 2. The first kappa shape index (κ1) is 11.7. The molecule has 2 N–H and O–H groups in total. The number of H-pyrrole nitrogens is 1. The summed E-state index contributed by atoms with van der Waals surface area (Å²) in [5, 5.41) is 3.47. The zero-order valence-corrected chi connectivity index (χ0v) is 11.2. The van der Waals surface area contributed by atoms with E-state index in [9.17, 15) is 0 Å². The van der Waals surface area contributed by atoms with Crippen LogP contribution < -0.4 is 5.32 Å². The van der Waals surface area contributed by atoms with Crippen molar-refractivity contribution in [2.45, 2.75) is 38.5 Å². The van der Waals surface area contributed by atoms with E-state index < -0.39 is 0 Å². The average Bonchev–Trinajstić information content (AvgIpc) is 3.04. The second-order valence-corrected chi connectivity index (χ2v) is 5.35. The number of hydrogen-bond acceptors (Lipinski definition) is 2. The zero-order chi connectivity index (χ0) is 12.6. The minimum atomic E-state index is 0.214. The molecule has 0 aliphatic carbocycles. The molecule has 1 atom stereocenters. The molecule has 3 heteroatoms. The molecule has 1 aromatic heterocycles. The molecule has 96 valence electrons. The molecule has 2 aromatic rings. The highest BCUT2D eigenvalue weighted by Crippen LogP contribution is 2.33. The maximum Gasteiger partial charge on any atom is 0.114 e. The van der Waals surface area contributed by atoms with Crippen molar-refractivity contribution in [2.75, 3.05) is 13.1 Å². The van der Waals surface area contributed by atoms with Crippen LogP contribution in [0.5, 0.6) is 0 Å². The maximum atomic E-state index is 4.82. The molecule has 0 radical (unpaired) electrons. The Labute approximate surface area is 108 Å². The molecule has 0 spiro atoms. The van der Waals surface area contributed by atoms with Crippen LogP contribution in [-0.4, -0.2) is 23.1 Å². The maximum absolute atomic E-state index is 4.82. The third-order valence-electron chi connectivity index (χ3n) is 4.38. The summed E-state index contributed by atoms with van der Waals surface area (Å²) in [5.74, 6) is 1.17. The van der Waals surface area contributed by atoms with Crippen LogP contribution >= 0.6 is 0 Å². The Morgan fingerprint density at radius 3 is 2.89 bits per heavy atom. The second-order valence-electron chi connectivity index (χ2n) is 5.35. The Hall–Kier alpha value is -1.35. The van der Waals surface area contributed by atoms with Crippen LogP contribution in [-0.2, 0) is 11.8 Å². The summed E-state index contributed by atoms with van der Waals surface area (Å²) in [6, 6.07) is 6.55. The van der Waals surface area contributed by atoms with Gasteiger partial charge in [-0.3, -0.25) is 0 Å². The van der Waals surface area contributed by atoms with E-state index in [1.165, 1.54) is 23.3 Å². The lowest BCUT2D eigenvalue weighted by molar-refractivity contribution is 0.431. The Kier molecular flexibility index (Phi) is 2.86. The van der Waals surface area contributed by atoms with E-state index in [1.54, 1.807) is 0 Å². The van der Waals surface area contributed by atoms with Crippen molar-refractivity contribution < 1.29 is 0 Å². The molecular formula is C15H21N3. The van der Waals surface area contributed by atoms with Crippen LogP contribution in [0.15, 0.2) is 18.2 Å². The van der Waals surface area contributed by atoms with Crippen molar-refractivity contribution in [1.29, 1.82) is 0 Å². The van der Waals surface area contributed by atoms with Crippen molar-refractivity contribution in [3.05, 3.63) is 29.6 Å². The molecule has 0 saturated carbocycles. The Balaban J connectivity index is 2.07. The van der Waals surface area contributed by atoms with Gasteiger partial charge >= 0.3 is 0 Å². The first-order valence-corrected chi connectivity index (χ1v) is 6.97. The van der Waals surface area contributed by atoms with Crippen LogP contribution in [0.3, 0.4) is 0 Å². The van der Waals surface area contributed by atoms with E-state index in [2.05, 4.69) is 42.3 Å². The zero-order valence-electron chi connectivity index (χ0n) is 11.2. The van der Waals surface area contributed by atoms with Gasteiger partial charge in [0.15, 0.2) is 0 Å². The molecule has 18 heavy (non-hydrogen) atoms. The summed E-state index contributed by atoms with van der Waals surface area (Å²) in [7, 11) is 0.